The molecule has 4 nitrogen and oxygen atoms in total. The SMILES string of the molecule is CCC1CN(C(C)=O)CCC1NCc1ccc2ncccc2c1. The van der Waals surface area contributed by atoms with Crippen LogP contribution in [0.25, 0.3) is 10.9 Å². The van der Waals surface area contributed by atoms with Gasteiger partial charge in [0.1, 0.15) is 0 Å². The van der Waals surface area contributed by atoms with Crippen molar-refractivity contribution in [2.75, 3.05) is 13.1 Å². The van der Waals surface area contributed by atoms with Gasteiger partial charge in [-0.15, -0.1) is 0 Å². The number of fused-ring (bicyclic) bond motifs is 1. The van der Waals surface area contributed by atoms with E-state index in [-0.39, 0.29) is 5.91 Å². The smallest absolute Gasteiger partial charge is 0.219 e. The molecule has 2 aromatic rings. The van der Waals surface area contributed by atoms with Crippen molar-refractivity contribution in [3.05, 3.63) is 42.1 Å². The molecule has 23 heavy (non-hydrogen) atoms. The molecule has 1 saturated heterocycles. The van der Waals surface area contributed by atoms with E-state index in [1.165, 1.54) is 10.9 Å². The number of aromatic nitrogens is 1. The first kappa shape index (κ1) is 15.9. The fourth-order valence-corrected chi connectivity index (χ4v) is 3.48. The molecule has 2 atom stereocenters. The standard InChI is InChI=1S/C19H25N3O/c1-3-16-13-22(14(2)23)10-8-19(16)21-12-15-6-7-18-17(11-15)5-4-9-20-18/h4-7,9,11,16,19,21H,3,8,10,12-13H2,1-2H3. The lowest BCUT2D eigenvalue weighted by Gasteiger charge is -2.38. The summed E-state index contributed by atoms with van der Waals surface area (Å²) in [4.78, 5) is 17.9. The Balaban J connectivity index is 1.63. The molecule has 0 bridgehead atoms. The number of benzene rings is 1. The van der Waals surface area contributed by atoms with E-state index in [1.54, 1.807) is 6.92 Å². The number of hydrogen-bond donors (Lipinski definition) is 1. The summed E-state index contributed by atoms with van der Waals surface area (Å²) >= 11 is 0. The van der Waals surface area contributed by atoms with Gasteiger partial charge in [-0.25, -0.2) is 0 Å². The molecule has 0 saturated carbocycles. The summed E-state index contributed by atoms with van der Waals surface area (Å²) in [6.45, 7) is 6.50. The Bertz CT molecular complexity index is 685. The minimum absolute atomic E-state index is 0.198. The van der Waals surface area contributed by atoms with Gasteiger partial charge in [0, 0.05) is 44.2 Å². The number of nitrogens with zero attached hydrogens (tertiary/aromatic N) is 2. The zero-order valence-electron chi connectivity index (χ0n) is 14.0. The van der Waals surface area contributed by atoms with Gasteiger partial charge in [0.05, 0.1) is 5.52 Å². The first-order valence-corrected chi connectivity index (χ1v) is 8.50. The van der Waals surface area contributed by atoms with Gasteiger partial charge in [-0.1, -0.05) is 25.5 Å². The van der Waals surface area contributed by atoms with Crippen LogP contribution in [0.1, 0.15) is 32.3 Å². The summed E-state index contributed by atoms with van der Waals surface area (Å²) in [5.74, 6) is 0.735. The second kappa shape index (κ2) is 7.09. The first-order chi connectivity index (χ1) is 11.2. The molecular formula is C19H25N3O. The Morgan fingerprint density at radius 2 is 2.26 bits per heavy atom. The second-order valence-corrected chi connectivity index (χ2v) is 6.44. The molecule has 2 unspecified atom stereocenters. The molecule has 1 aromatic carbocycles. The molecule has 2 heterocycles. The molecule has 1 N–H and O–H groups in total. The molecule has 0 radical (unpaired) electrons. The van der Waals surface area contributed by atoms with Crippen LogP contribution in [-0.4, -0.2) is 34.9 Å². The fourth-order valence-electron chi connectivity index (χ4n) is 3.48. The third-order valence-corrected chi connectivity index (χ3v) is 4.94. The van der Waals surface area contributed by atoms with Crippen molar-refractivity contribution in [2.24, 2.45) is 5.92 Å². The first-order valence-electron chi connectivity index (χ1n) is 8.50. The maximum atomic E-state index is 11.6. The molecule has 1 fully saturated rings. The highest BCUT2D eigenvalue weighted by Crippen LogP contribution is 2.21. The third kappa shape index (κ3) is 3.70. The number of carbonyl (C=O) groups is 1. The lowest BCUT2D eigenvalue weighted by atomic mass is 9.89. The van der Waals surface area contributed by atoms with Crippen molar-refractivity contribution >= 4 is 16.8 Å². The average Bonchev–Trinajstić information content (AvgIpc) is 2.59. The Labute approximate surface area is 137 Å². The highest BCUT2D eigenvalue weighted by atomic mass is 16.2. The molecule has 1 aromatic heterocycles. The minimum Gasteiger partial charge on any atom is -0.343 e. The van der Waals surface area contributed by atoms with Crippen LogP contribution < -0.4 is 5.32 Å². The maximum absolute atomic E-state index is 11.6. The van der Waals surface area contributed by atoms with E-state index < -0.39 is 0 Å². The van der Waals surface area contributed by atoms with Crippen molar-refractivity contribution < 1.29 is 4.79 Å². The van der Waals surface area contributed by atoms with Crippen molar-refractivity contribution in [1.82, 2.24) is 15.2 Å². The van der Waals surface area contributed by atoms with E-state index in [0.717, 1.165) is 38.0 Å². The van der Waals surface area contributed by atoms with Crippen molar-refractivity contribution in [3.8, 4) is 0 Å². The number of likely N-dealkylation sites (tertiary alicyclic amines) is 1. The Kier molecular flexibility index (Phi) is 4.91. The average molecular weight is 311 g/mol. The van der Waals surface area contributed by atoms with Gasteiger partial charge < -0.3 is 10.2 Å². The van der Waals surface area contributed by atoms with Gasteiger partial charge in [0.2, 0.25) is 5.91 Å². The Hall–Kier alpha value is -1.94. The number of nitrogens with one attached hydrogen (secondary N) is 1. The number of hydrogen-bond acceptors (Lipinski definition) is 3. The topological polar surface area (TPSA) is 45.2 Å². The van der Waals surface area contributed by atoms with Crippen molar-refractivity contribution in [3.63, 3.8) is 0 Å². The van der Waals surface area contributed by atoms with Gasteiger partial charge in [-0.05, 0) is 36.1 Å². The summed E-state index contributed by atoms with van der Waals surface area (Å²) in [6, 6.07) is 11.0. The molecule has 1 aliphatic heterocycles. The quantitative estimate of drug-likeness (QED) is 0.944. The van der Waals surface area contributed by atoms with E-state index in [1.807, 2.05) is 17.2 Å². The second-order valence-electron chi connectivity index (χ2n) is 6.44. The zero-order chi connectivity index (χ0) is 16.2. The Morgan fingerprint density at radius 1 is 1.39 bits per heavy atom. The molecular weight excluding hydrogens is 286 g/mol. The molecule has 1 aliphatic rings. The highest BCUT2D eigenvalue weighted by Gasteiger charge is 2.28. The lowest BCUT2D eigenvalue weighted by molar-refractivity contribution is -0.131. The summed E-state index contributed by atoms with van der Waals surface area (Å²) < 4.78 is 0. The number of amides is 1. The Morgan fingerprint density at radius 3 is 3.04 bits per heavy atom. The van der Waals surface area contributed by atoms with E-state index in [9.17, 15) is 4.79 Å². The van der Waals surface area contributed by atoms with Crippen LogP contribution in [0.2, 0.25) is 0 Å². The van der Waals surface area contributed by atoms with Crippen molar-refractivity contribution in [2.45, 2.75) is 39.3 Å². The monoisotopic (exact) mass is 311 g/mol. The van der Waals surface area contributed by atoms with Gasteiger partial charge in [-0.3, -0.25) is 9.78 Å². The van der Waals surface area contributed by atoms with Crippen LogP contribution in [0, 0.1) is 5.92 Å². The van der Waals surface area contributed by atoms with Gasteiger partial charge in [0.25, 0.3) is 0 Å². The summed E-state index contributed by atoms with van der Waals surface area (Å²) in [7, 11) is 0. The summed E-state index contributed by atoms with van der Waals surface area (Å²) in [5.41, 5.74) is 2.33. The molecule has 122 valence electrons. The van der Waals surface area contributed by atoms with Crippen LogP contribution in [-0.2, 0) is 11.3 Å². The van der Waals surface area contributed by atoms with Gasteiger partial charge in [0.15, 0.2) is 0 Å². The fraction of sp³-hybridized carbons (Fsp3) is 0.474. The predicted octanol–water partition coefficient (Wildman–Crippen LogP) is 2.97. The van der Waals surface area contributed by atoms with Crippen LogP contribution in [0.3, 0.4) is 0 Å². The minimum atomic E-state index is 0.198. The maximum Gasteiger partial charge on any atom is 0.219 e. The van der Waals surface area contributed by atoms with E-state index in [0.29, 0.717) is 12.0 Å². The summed E-state index contributed by atoms with van der Waals surface area (Å²) in [5, 5.41) is 4.89. The molecule has 3 rings (SSSR count). The van der Waals surface area contributed by atoms with E-state index in [2.05, 4.69) is 41.5 Å². The van der Waals surface area contributed by atoms with E-state index >= 15 is 0 Å². The third-order valence-electron chi connectivity index (χ3n) is 4.94. The number of rotatable bonds is 4. The number of carbonyl (C=O) groups excluding carboxylic acids is 1. The largest absolute Gasteiger partial charge is 0.343 e. The predicted molar refractivity (Wildman–Crippen MR) is 93.0 cm³/mol. The number of pyridine rings is 1. The zero-order valence-corrected chi connectivity index (χ0v) is 14.0. The molecule has 1 amide bonds. The lowest BCUT2D eigenvalue weighted by Crippen LogP contribution is -2.50. The van der Waals surface area contributed by atoms with Crippen LogP contribution >= 0.6 is 0 Å². The van der Waals surface area contributed by atoms with Crippen LogP contribution in [0.4, 0.5) is 0 Å². The highest BCUT2D eigenvalue weighted by molar-refractivity contribution is 5.78. The van der Waals surface area contributed by atoms with Crippen molar-refractivity contribution in [1.29, 1.82) is 0 Å². The normalized spacial score (nSPS) is 21.6. The van der Waals surface area contributed by atoms with E-state index in [4.69, 9.17) is 0 Å². The van der Waals surface area contributed by atoms with Crippen LogP contribution in [0.15, 0.2) is 36.5 Å². The summed E-state index contributed by atoms with van der Waals surface area (Å²) in [6.07, 6.45) is 3.96. The number of piperidine rings is 1. The van der Waals surface area contributed by atoms with Gasteiger partial charge in [-0.2, -0.15) is 0 Å². The van der Waals surface area contributed by atoms with Gasteiger partial charge >= 0.3 is 0 Å². The molecule has 0 aliphatic carbocycles. The molecule has 0 spiro atoms. The van der Waals surface area contributed by atoms with Crippen LogP contribution in [0.5, 0.6) is 0 Å². The molecule has 4 heteroatoms.